The number of amides is 1. The van der Waals surface area contributed by atoms with Gasteiger partial charge in [0.25, 0.3) is 0 Å². The molecule has 1 N–H and O–H groups in total. The number of piperazine rings is 1. The number of nitrogens with one attached hydrogen (secondary N) is 1. The van der Waals surface area contributed by atoms with Gasteiger partial charge < -0.3 is 24.1 Å². The topological polar surface area (TPSA) is 118 Å². The highest BCUT2D eigenvalue weighted by atomic mass is 32.2. The Morgan fingerprint density at radius 3 is 2.48 bits per heavy atom. The van der Waals surface area contributed by atoms with E-state index < -0.39 is 0 Å². The van der Waals surface area contributed by atoms with Crippen molar-refractivity contribution in [3.8, 4) is 28.5 Å². The number of hydrogen-bond donors (Lipinski definition) is 1. The minimum atomic E-state index is 0.0933. The Morgan fingerprint density at radius 1 is 1.00 bits per heavy atom. The van der Waals surface area contributed by atoms with Crippen LogP contribution in [0.4, 0.5) is 5.95 Å². The molecule has 2 aromatic carbocycles. The van der Waals surface area contributed by atoms with Crippen LogP contribution < -0.4 is 9.64 Å². The fourth-order valence-corrected chi connectivity index (χ4v) is 5.66. The van der Waals surface area contributed by atoms with Crippen molar-refractivity contribution in [1.29, 1.82) is 0 Å². The Kier molecular flexibility index (Phi) is 7.32. The zero-order valence-corrected chi connectivity index (χ0v) is 23.1. The van der Waals surface area contributed by atoms with Crippen molar-refractivity contribution in [1.82, 2.24) is 39.6 Å². The van der Waals surface area contributed by atoms with Gasteiger partial charge in [-0.3, -0.25) is 4.79 Å². The average Bonchev–Trinajstić information content (AvgIpc) is 3.64. The van der Waals surface area contributed by atoms with E-state index in [2.05, 4.69) is 37.0 Å². The van der Waals surface area contributed by atoms with Gasteiger partial charge >= 0.3 is 0 Å². The lowest BCUT2D eigenvalue weighted by molar-refractivity contribution is -0.128. The zero-order valence-electron chi connectivity index (χ0n) is 22.3. The molecule has 0 saturated carbocycles. The SMILES string of the molecule is CCn1c(SCC(=O)N2CCN(c3ncccn3)CC2)nnc1-c1ccc2nc(-c3ccc(OC)cc3)[nH]c2c1. The summed E-state index contributed by atoms with van der Waals surface area (Å²) < 4.78 is 7.30. The van der Waals surface area contributed by atoms with Crippen molar-refractivity contribution >= 4 is 34.7 Å². The first kappa shape index (κ1) is 25.8. The molecule has 0 aliphatic carbocycles. The van der Waals surface area contributed by atoms with Crippen molar-refractivity contribution < 1.29 is 9.53 Å². The van der Waals surface area contributed by atoms with Crippen LogP contribution in [-0.2, 0) is 11.3 Å². The van der Waals surface area contributed by atoms with Crippen LogP contribution in [-0.4, -0.2) is 84.5 Å². The van der Waals surface area contributed by atoms with Crippen LogP contribution in [0.15, 0.2) is 66.1 Å². The first-order valence-corrected chi connectivity index (χ1v) is 14.1. The van der Waals surface area contributed by atoms with Crippen LogP contribution in [0.25, 0.3) is 33.8 Å². The Bertz CT molecular complexity index is 1610. The molecule has 204 valence electrons. The molecule has 12 heteroatoms. The van der Waals surface area contributed by atoms with E-state index in [0.29, 0.717) is 44.4 Å². The standard InChI is InChI=1S/C28H29N9O2S/c1-3-37-26(20-7-10-22-23(17-20)32-25(31-22)19-5-8-21(39-2)9-6-19)33-34-28(37)40-18-24(38)35-13-15-36(16-14-35)27-29-11-4-12-30-27/h4-12,17H,3,13-16,18H2,1-2H3,(H,31,32). The second-order valence-electron chi connectivity index (χ2n) is 9.30. The summed E-state index contributed by atoms with van der Waals surface area (Å²) in [5.74, 6) is 3.46. The smallest absolute Gasteiger partial charge is 0.233 e. The van der Waals surface area contributed by atoms with Gasteiger partial charge in [0.2, 0.25) is 11.9 Å². The molecule has 1 fully saturated rings. The number of ether oxygens (including phenoxy) is 1. The largest absolute Gasteiger partial charge is 0.497 e. The number of imidazole rings is 1. The van der Waals surface area contributed by atoms with Gasteiger partial charge in [0.15, 0.2) is 11.0 Å². The van der Waals surface area contributed by atoms with Crippen molar-refractivity contribution in [2.75, 3.05) is 43.9 Å². The van der Waals surface area contributed by atoms with Crippen molar-refractivity contribution in [3.05, 3.63) is 60.9 Å². The van der Waals surface area contributed by atoms with Crippen molar-refractivity contribution in [3.63, 3.8) is 0 Å². The highest BCUT2D eigenvalue weighted by molar-refractivity contribution is 7.99. The second-order valence-corrected chi connectivity index (χ2v) is 10.2. The number of H-pyrrole nitrogens is 1. The monoisotopic (exact) mass is 555 g/mol. The van der Waals surface area contributed by atoms with Crippen LogP contribution in [0.3, 0.4) is 0 Å². The first-order valence-electron chi connectivity index (χ1n) is 13.1. The molecule has 0 radical (unpaired) electrons. The summed E-state index contributed by atoms with van der Waals surface area (Å²) in [4.78, 5) is 33.8. The number of carbonyl (C=O) groups is 1. The van der Waals surface area contributed by atoms with E-state index in [1.165, 1.54) is 11.8 Å². The fraction of sp³-hybridized carbons (Fsp3) is 0.286. The lowest BCUT2D eigenvalue weighted by Crippen LogP contribution is -2.49. The van der Waals surface area contributed by atoms with Gasteiger partial charge in [0, 0.05) is 56.2 Å². The number of thioether (sulfide) groups is 1. The number of carbonyl (C=O) groups excluding carboxylic acids is 1. The minimum Gasteiger partial charge on any atom is -0.497 e. The van der Waals surface area contributed by atoms with E-state index >= 15 is 0 Å². The summed E-state index contributed by atoms with van der Waals surface area (Å²) in [6.45, 7) is 5.46. The Hall–Kier alpha value is -4.45. The van der Waals surface area contributed by atoms with E-state index in [0.717, 1.165) is 44.7 Å². The van der Waals surface area contributed by atoms with Crippen LogP contribution in [0.5, 0.6) is 5.75 Å². The highest BCUT2D eigenvalue weighted by Gasteiger charge is 2.23. The van der Waals surface area contributed by atoms with Gasteiger partial charge in [-0.25, -0.2) is 15.0 Å². The second kappa shape index (κ2) is 11.3. The molecule has 6 rings (SSSR count). The third-order valence-corrected chi connectivity index (χ3v) is 7.88. The maximum atomic E-state index is 13.0. The van der Waals surface area contributed by atoms with E-state index in [9.17, 15) is 4.79 Å². The molecule has 1 aliphatic rings. The molecule has 0 unspecified atom stereocenters. The van der Waals surface area contributed by atoms with Crippen LogP contribution >= 0.6 is 11.8 Å². The van der Waals surface area contributed by atoms with E-state index in [1.54, 1.807) is 25.6 Å². The number of fused-ring (bicyclic) bond motifs is 1. The number of aromatic nitrogens is 7. The number of methoxy groups -OCH3 is 1. The van der Waals surface area contributed by atoms with E-state index in [4.69, 9.17) is 9.72 Å². The average molecular weight is 556 g/mol. The third-order valence-electron chi connectivity index (χ3n) is 6.93. The van der Waals surface area contributed by atoms with Crippen molar-refractivity contribution in [2.45, 2.75) is 18.6 Å². The highest BCUT2D eigenvalue weighted by Crippen LogP contribution is 2.28. The number of hydrogen-bond acceptors (Lipinski definition) is 9. The molecule has 40 heavy (non-hydrogen) atoms. The fourth-order valence-electron chi connectivity index (χ4n) is 4.76. The van der Waals surface area contributed by atoms with Gasteiger partial charge in [-0.2, -0.15) is 0 Å². The van der Waals surface area contributed by atoms with Crippen LogP contribution in [0, 0.1) is 0 Å². The minimum absolute atomic E-state index is 0.0933. The van der Waals surface area contributed by atoms with Crippen molar-refractivity contribution in [2.24, 2.45) is 0 Å². The third kappa shape index (κ3) is 5.22. The van der Waals surface area contributed by atoms with Crippen LogP contribution in [0.2, 0.25) is 0 Å². The molecule has 5 aromatic rings. The Labute approximate surface area is 235 Å². The number of rotatable bonds is 8. The zero-order chi connectivity index (χ0) is 27.5. The van der Waals surface area contributed by atoms with Gasteiger partial charge in [-0.05, 0) is 55.5 Å². The molecule has 1 amide bonds. The lowest BCUT2D eigenvalue weighted by Gasteiger charge is -2.34. The summed E-state index contributed by atoms with van der Waals surface area (Å²) in [6, 6.07) is 15.6. The number of benzene rings is 2. The predicted molar refractivity (Wildman–Crippen MR) is 154 cm³/mol. The number of nitrogens with zero attached hydrogens (tertiary/aromatic N) is 8. The van der Waals surface area contributed by atoms with E-state index in [1.807, 2.05) is 51.9 Å². The van der Waals surface area contributed by atoms with E-state index in [-0.39, 0.29) is 5.91 Å². The molecule has 1 saturated heterocycles. The summed E-state index contributed by atoms with van der Waals surface area (Å²) in [6.07, 6.45) is 3.48. The van der Waals surface area contributed by atoms with Gasteiger partial charge in [0.05, 0.1) is 23.9 Å². The molecule has 1 aliphatic heterocycles. The number of anilines is 1. The van der Waals surface area contributed by atoms with Crippen LogP contribution in [0.1, 0.15) is 6.92 Å². The Morgan fingerprint density at radius 2 is 1.75 bits per heavy atom. The molecule has 0 spiro atoms. The first-order chi connectivity index (χ1) is 19.6. The molecular formula is C28H29N9O2S. The summed E-state index contributed by atoms with van der Waals surface area (Å²) in [5.41, 5.74) is 3.70. The predicted octanol–water partition coefficient (Wildman–Crippen LogP) is 3.75. The van der Waals surface area contributed by atoms with Gasteiger partial charge in [-0.15, -0.1) is 10.2 Å². The molecule has 0 atom stereocenters. The normalized spacial score (nSPS) is 13.7. The quantitative estimate of drug-likeness (QED) is 0.286. The molecule has 11 nitrogen and oxygen atoms in total. The summed E-state index contributed by atoms with van der Waals surface area (Å²) >= 11 is 1.42. The molecule has 3 aromatic heterocycles. The number of aromatic amines is 1. The molecule has 0 bridgehead atoms. The van der Waals surface area contributed by atoms with Gasteiger partial charge in [0.1, 0.15) is 11.6 Å². The Balaban J connectivity index is 1.12. The van der Waals surface area contributed by atoms with Gasteiger partial charge in [-0.1, -0.05) is 11.8 Å². The maximum Gasteiger partial charge on any atom is 0.233 e. The maximum absolute atomic E-state index is 13.0. The lowest BCUT2D eigenvalue weighted by atomic mass is 10.2. The molecule has 4 heterocycles. The summed E-state index contributed by atoms with van der Waals surface area (Å²) in [7, 11) is 1.65. The molecular weight excluding hydrogens is 526 g/mol. The summed E-state index contributed by atoms with van der Waals surface area (Å²) in [5, 5.41) is 9.63.